The first kappa shape index (κ1) is 25.4. The van der Waals surface area contributed by atoms with Crippen molar-refractivity contribution in [2.24, 2.45) is 5.92 Å². The number of hydrogen-bond donors (Lipinski definition) is 1. The summed E-state index contributed by atoms with van der Waals surface area (Å²) in [5.74, 6) is 0.669. The maximum absolute atomic E-state index is 12.3. The Morgan fingerprint density at radius 3 is 2.49 bits per heavy atom. The highest BCUT2D eigenvalue weighted by atomic mass is 32.2. The molecular formula is C28H33N3O5S. The van der Waals surface area contributed by atoms with Crippen molar-refractivity contribution in [2.45, 2.75) is 63.1 Å². The van der Waals surface area contributed by atoms with Gasteiger partial charge in [-0.2, -0.15) is 5.26 Å². The number of anilines is 2. The number of benzene rings is 2. The van der Waals surface area contributed by atoms with Crippen molar-refractivity contribution in [1.82, 2.24) is 0 Å². The predicted octanol–water partition coefficient (Wildman–Crippen LogP) is 5.18. The Morgan fingerprint density at radius 1 is 1.16 bits per heavy atom. The second-order valence-electron chi connectivity index (χ2n) is 10.4. The first-order valence-electron chi connectivity index (χ1n) is 12.9. The smallest absolute Gasteiger partial charge is 0.411 e. The average molecular weight is 524 g/mol. The molecule has 5 rings (SSSR count). The monoisotopic (exact) mass is 523 g/mol. The minimum Gasteiger partial charge on any atom is -0.492 e. The Labute approximate surface area is 218 Å². The summed E-state index contributed by atoms with van der Waals surface area (Å²) in [5.41, 5.74) is 3.57. The van der Waals surface area contributed by atoms with Gasteiger partial charge in [-0.1, -0.05) is 18.2 Å². The molecule has 0 radical (unpaired) electrons. The number of rotatable bonds is 9. The molecule has 3 atom stereocenters. The van der Waals surface area contributed by atoms with Gasteiger partial charge in [0, 0.05) is 29.7 Å². The van der Waals surface area contributed by atoms with E-state index < -0.39 is 15.9 Å². The van der Waals surface area contributed by atoms with Crippen LogP contribution >= 0.6 is 0 Å². The Kier molecular flexibility index (Phi) is 7.04. The fraction of sp³-hybridized carbons (Fsp3) is 0.500. The summed E-state index contributed by atoms with van der Waals surface area (Å²) in [6.07, 6.45) is 6.14. The zero-order chi connectivity index (χ0) is 26.2. The Balaban J connectivity index is 1.35. The number of nitrogens with zero attached hydrogens (tertiary/aromatic N) is 2. The van der Waals surface area contributed by atoms with Gasteiger partial charge in [-0.3, -0.25) is 5.32 Å². The number of nitriles is 1. The first-order chi connectivity index (χ1) is 17.7. The lowest BCUT2D eigenvalue weighted by atomic mass is 9.87. The van der Waals surface area contributed by atoms with Crippen molar-refractivity contribution in [3.63, 3.8) is 0 Å². The van der Waals surface area contributed by atoms with Gasteiger partial charge in [-0.15, -0.1) is 0 Å². The second kappa shape index (κ2) is 10.3. The molecule has 8 nitrogen and oxygen atoms in total. The number of fused-ring (bicyclic) bond motifs is 1. The molecule has 1 amide bonds. The molecular weight excluding hydrogens is 490 g/mol. The Morgan fingerprint density at radius 2 is 1.89 bits per heavy atom. The molecule has 9 heteroatoms. The highest BCUT2D eigenvalue weighted by molar-refractivity contribution is 7.90. The molecule has 196 valence electrons. The fourth-order valence-electron chi connectivity index (χ4n) is 5.21. The highest BCUT2D eigenvalue weighted by Gasteiger charge is 2.44. The third kappa shape index (κ3) is 5.69. The van der Waals surface area contributed by atoms with Crippen LogP contribution in [0.2, 0.25) is 0 Å². The van der Waals surface area contributed by atoms with Gasteiger partial charge in [-0.05, 0) is 74.3 Å². The number of ether oxygens (including phenoxy) is 2. The number of hydrogen-bond acceptors (Lipinski definition) is 7. The summed E-state index contributed by atoms with van der Waals surface area (Å²) in [6.45, 7) is 2.01. The largest absolute Gasteiger partial charge is 0.492 e. The molecule has 0 aromatic heterocycles. The van der Waals surface area contributed by atoms with Crippen molar-refractivity contribution < 1.29 is 22.7 Å². The molecule has 37 heavy (non-hydrogen) atoms. The van der Waals surface area contributed by atoms with Gasteiger partial charge in [0.2, 0.25) is 0 Å². The van der Waals surface area contributed by atoms with Crippen LogP contribution in [0.1, 0.15) is 62.1 Å². The molecule has 2 saturated carbocycles. The van der Waals surface area contributed by atoms with Crippen LogP contribution in [-0.4, -0.2) is 45.3 Å². The number of sulfone groups is 1. The summed E-state index contributed by atoms with van der Waals surface area (Å²) < 4.78 is 34.2. The van der Waals surface area contributed by atoms with E-state index in [0.717, 1.165) is 48.9 Å². The lowest BCUT2D eigenvalue weighted by Crippen LogP contribution is -2.41. The standard InChI is InChI=1S/C28H33N3O5S/c1-18(19-6-7-19)36-28(32)30-21-10-8-20(9-11-21)27-25(17-29)24-13-12-23(35-14-15-37(2,33)34)16-26(24)31(27)22-4-3-5-22/h8-13,16,18-19,22,25,27H,3-7,14-15H2,1-2H3,(H,30,32)/t18-,25?,27?/m1/s1. The van der Waals surface area contributed by atoms with Gasteiger partial charge >= 0.3 is 6.09 Å². The molecule has 2 unspecified atom stereocenters. The summed E-state index contributed by atoms with van der Waals surface area (Å²) >= 11 is 0. The van der Waals surface area contributed by atoms with Gasteiger partial charge in [0.1, 0.15) is 18.5 Å². The summed E-state index contributed by atoms with van der Waals surface area (Å²) in [7, 11) is -3.11. The van der Waals surface area contributed by atoms with Crippen LogP contribution in [0.3, 0.4) is 0 Å². The maximum atomic E-state index is 12.3. The van der Waals surface area contributed by atoms with Crippen LogP contribution < -0.4 is 15.0 Å². The van der Waals surface area contributed by atoms with E-state index >= 15 is 0 Å². The van der Waals surface area contributed by atoms with Crippen LogP contribution in [0.15, 0.2) is 42.5 Å². The molecule has 0 bridgehead atoms. The zero-order valence-corrected chi connectivity index (χ0v) is 22.0. The third-order valence-corrected chi connectivity index (χ3v) is 8.55. The molecule has 2 fully saturated rings. The minimum atomic E-state index is -3.11. The van der Waals surface area contributed by atoms with Crippen molar-refractivity contribution in [3.05, 3.63) is 53.6 Å². The average Bonchev–Trinajstić information content (AvgIpc) is 3.62. The maximum Gasteiger partial charge on any atom is 0.411 e. The number of nitrogens with one attached hydrogen (secondary N) is 1. The minimum absolute atomic E-state index is 0.0483. The number of amides is 1. The van der Waals surface area contributed by atoms with E-state index in [1.54, 1.807) is 0 Å². The number of carbonyl (C=O) groups is 1. The van der Waals surface area contributed by atoms with E-state index in [2.05, 4.69) is 16.3 Å². The van der Waals surface area contributed by atoms with Gasteiger partial charge in [-0.25, -0.2) is 13.2 Å². The first-order valence-corrected chi connectivity index (χ1v) is 15.0. The van der Waals surface area contributed by atoms with Crippen LogP contribution in [0.5, 0.6) is 5.75 Å². The molecule has 0 saturated heterocycles. The number of carbonyl (C=O) groups excluding carboxylic acids is 1. The molecule has 0 spiro atoms. The van der Waals surface area contributed by atoms with Gasteiger partial charge in [0.05, 0.1) is 23.8 Å². The molecule has 1 N–H and O–H groups in total. The fourth-order valence-corrected chi connectivity index (χ4v) is 5.60. The SMILES string of the molecule is C[C@@H](OC(=O)Nc1ccc(C2C(C#N)c3ccc(OCCS(C)(=O)=O)cc3N2C2CCC2)cc1)C1CC1. The molecule has 1 aliphatic heterocycles. The Bertz CT molecular complexity index is 1300. The molecule has 2 aliphatic carbocycles. The lowest BCUT2D eigenvalue weighted by molar-refractivity contribution is 0.108. The second-order valence-corrected chi connectivity index (χ2v) is 12.7. The van der Waals surface area contributed by atoms with E-state index in [9.17, 15) is 18.5 Å². The van der Waals surface area contributed by atoms with Crippen LogP contribution in [-0.2, 0) is 14.6 Å². The van der Waals surface area contributed by atoms with Gasteiger partial charge < -0.3 is 14.4 Å². The van der Waals surface area contributed by atoms with Gasteiger partial charge in [0.15, 0.2) is 9.84 Å². The topological polar surface area (TPSA) is 109 Å². The molecule has 1 heterocycles. The van der Waals surface area contributed by atoms with E-state index in [0.29, 0.717) is 23.4 Å². The van der Waals surface area contributed by atoms with Crippen LogP contribution in [0.25, 0.3) is 0 Å². The molecule has 2 aromatic rings. The van der Waals surface area contributed by atoms with E-state index in [1.165, 1.54) is 6.26 Å². The zero-order valence-electron chi connectivity index (χ0n) is 21.2. The van der Waals surface area contributed by atoms with E-state index in [1.807, 2.05) is 49.4 Å². The van der Waals surface area contributed by atoms with Crippen LogP contribution in [0.4, 0.5) is 16.2 Å². The molecule has 2 aromatic carbocycles. The van der Waals surface area contributed by atoms with Crippen molar-refractivity contribution in [3.8, 4) is 11.8 Å². The van der Waals surface area contributed by atoms with Crippen molar-refractivity contribution in [2.75, 3.05) is 28.8 Å². The lowest BCUT2D eigenvalue weighted by Gasteiger charge is -2.41. The third-order valence-electron chi connectivity index (χ3n) is 7.64. The summed E-state index contributed by atoms with van der Waals surface area (Å²) in [5, 5.41) is 13.0. The van der Waals surface area contributed by atoms with Crippen molar-refractivity contribution in [1.29, 1.82) is 5.26 Å². The Hall–Kier alpha value is -3.25. The molecule has 3 aliphatic rings. The normalized spacial score (nSPS) is 21.9. The van der Waals surface area contributed by atoms with E-state index in [4.69, 9.17) is 9.47 Å². The van der Waals surface area contributed by atoms with Crippen molar-refractivity contribution >= 4 is 27.3 Å². The van der Waals surface area contributed by atoms with E-state index in [-0.39, 0.29) is 30.4 Å². The summed E-state index contributed by atoms with van der Waals surface area (Å²) in [4.78, 5) is 14.6. The quantitative estimate of drug-likeness (QED) is 0.482. The predicted molar refractivity (Wildman–Crippen MR) is 142 cm³/mol. The van der Waals surface area contributed by atoms with Crippen LogP contribution in [0, 0.1) is 17.2 Å². The highest BCUT2D eigenvalue weighted by Crippen LogP contribution is 2.53. The van der Waals surface area contributed by atoms with Gasteiger partial charge in [0.25, 0.3) is 0 Å². The summed E-state index contributed by atoms with van der Waals surface area (Å²) in [6, 6.07) is 16.0.